The van der Waals surface area contributed by atoms with Crippen LogP contribution in [0.15, 0.2) is 67.4 Å². The average Bonchev–Trinajstić information content (AvgIpc) is 3.33. The van der Waals surface area contributed by atoms with Gasteiger partial charge in [0.25, 0.3) is 0 Å². The Hall–Kier alpha value is -4.23. The number of anilines is 1. The number of carbonyl (C=O) groups excluding carboxylic acids is 2. The Labute approximate surface area is 229 Å². The quantitative estimate of drug-likeness (QED) is 0.333. The van der Waals surface area contributed by atoms with Gasteiger partial charge in [0, 0.05) is 62.5 Å². The molecule has 1 aliphatic heterocycles. The number of carbonyl (C=O) groups is 2. The fourth-order valence-corrected chi connectivity index (χ4v) is 5.18. The number of aromatic amines is 1. The van der Waals surface area contributed by atoms with E-state index in [0.29, 0.717) is 6.42 Å². The van der Waals surface area contributed by atoms with E-state index >= 15 is 0 Å². The molecule has 2 aromatic heterocycles. The highest BCUT2D eigenvalue weighted by Gasteiger charge is 2.19. The summed E-state index contributed by atoms with van der Waals surface area (Å²) in [4.78, 5) is 37.3. The van der Waals surface area contributed by atoms with Crippen molar-refractivity contribution < 1.29 is 9.59 Å². The van der Waals surface area contributed by atoms with Crippen LogP contribution in [0.25, 0.3) is 33.4 Å². The van der Waals surface area contributed by atoms with Crippen molar-refractivity contribution in [2.24, 2.45) is 0 Å². The van der Waals surface area contributed by atoms with E-state index < -0.39 is 0 Å². The molecule has 0 atom stereocenters. The lowest BCUT2D eigenvalue weighted by Gasteiger charge is -2.34. The number of H-pyrrole nitrogens is 1. The second-order valence-electron chi connectivity index (χ2n) is 10.3. The number of ketones is 1. The zero-order valence-corrected chi connectivity index (χ0v) is 22.9. The third-order valence-corrected chi connectivity index (χ3v) is 7.61. The van der Waals surface area contributed by atoms with E-state index in [-0.39, 0.29) is 18.1 Å². The second kappa shape index (κ2) is 11.3. The van der Waals surface area contributed by atoms with Crippen LogP contribution < -0.4 is 10.2 Å². The topological polar surface area (TPSA) is 81.3 Å². The average molecular weight is 522 g/mol. The molecule has 2 aromatic carbocycles. The van der Waals surface area contributed by atoms with E-state index in [0.717, 1.165) is 76.3 Å². The highest BCUT2D eigenvalue weighted by atomic mass is 16.1. The zero-order chi connectivity index (χ0) is 27.5. The normalized spacial score (nSPS) is 14.0. The van der Waals surface area contributed by atoms with Crippen LogP contribution in [0.1, 0.15) is 16.7 Å². The molecule has 0 unspecified atom stereocenters. The summed E-state index contributed by atoms with van der Waals surface area (Å²) in [5, 5.41) is 3.63. The minimum atomic E-state index is -0.0616. The van der Waals surface area contributed by atoms with Crippen LogP contribution in [0.3, 0.4) is 0 Å². The monoisotopic (exact) mass is 521 g/mol. The minimum absolute atomic E-state index is 0.0107. The van der Waals surface area contributed by atoms with Gasteiger partial charge in [0.05, 0.1) is 12.1 Å². The van der Waals surface area contributed by atoms with Crippen molar-refractivity contribution in [3.63, 3.8) is 0 Å². The van der Waals surface area contributed by atoms with Gasteiger partial charge in [0.1, 0.15) is 5.65 Å². The van der Waals surface area contributed by atoms with Crippen molar-refractivity contribution in [1.82, 2.24) is 20.2 Å². The molecule has 4 aromatic rings. The number of aryl methyl sites for hydroxylation is 1. The summed E-state index contributed by atoms with van der Waals surface area (Å²) in [5.74, 6) is -0.0723. The molecule has 2 N–H and O–H groups in total. The van der Waals surface area contributed by atoms with Crippen LogP contribution in [0.4, 0.5) is 5.69 Å². The van der Waals surface area contributed by atoms with Crippen molar-refractivity contribution in [2.75, 3.05) is 45.2 Å². The summed E-state index contributed by atoms with van der Waals surface area (Å²) in [7, 11) is 3.80. The van der Waals surface area contributed by atoms with Gasteiger partial charge in [-0.15, -0.1) is 0 Å². The molecule has 7 heteroatoms. The van der Waals surface area contributed by atoms with Crippen LogP contribution in [-0.4, -0.2) is 66.8 Å². The van der Waals surface area contributed by atoms with Gasteiger partial charge in [-0.2, -0.15) is 0 Å². The van der Waals surface area contributed by atoms with E-state index in [1.54, 1.807) is 13.2 Å². The summed E-state index contributed by atoms with van der Waals surface area (Å²) in [6.45, 7) is 9.80. The van der Waals surface area contributed by atoms with Crippen molar-refractivity contribution >= 4 is 28.4 Å². The van der Waals surface area contributed by atoms with Crippen LogP contribution in [0.2, 0.25) is 0 Å². The number of hydrogen-bond acceptors (Lipinski definition) is 5. The number of amides is 1. The minimum Gasteiger partial charge on any atom is -0.369 e. The molecule has 0 bridgehead atoms. The lowest BCUT2D eigenvalue weighted by Crippen LogP contribution is -2.44. The smallest absolute Gasteiger partial charge is 0.224 e. The van der Waals surface area contributed by atoms with E-state index in [2.05, 4.69) is 81.2 Å². The van der Waals surface area contributed by atoms with Crippen LogP contribution >= 0.6 is 0 Å². The number of benzene rings is 2. The number of rotatable bonds is 8. The van der Waals surface area contributed by atoms with Gasteiger partial charge >= 0.3 is 0 Å². The number of allylic oxidation sites excluding steroid dienone is 1. The molecule has 1 fully saturated rings. The maximum atomic E-state index is 12.2. The number of nitrogens with one attached hydrogen (secondary N) is 2. The maximum absolute atomic E-state index is 12.2. The number of nitrogens with zero attached hydrogens (tertiary/aromatic N) is 3. The Morgan fingerprint density at radius 1 is 1.03 bits per heavy atom. The third kappa shape index (κ3) is 5.64. The standard InChI is InChI=1S/C32H35N5O2/c1-5-27(38)19-25-18-24(7-6-21(25)2)30-28-16-22(17-29(39)33-3)20-34-32(28)35-31(30)23-8-10-26(11-9-23)37-14-12-36(4)13-15-37/h5-11,16,18,20H,1,12-15,17,19H2,2-4H3,(H,33,39)(H,34,35). The van der Waals surface area contributed by atoms with Crippen molar-refractivity contribution in [2.45, 2.75) is 19.8 Å². The van der Waals surface area contributed by atoms with Gasteiger partial charge in [-0.1, -0.05) is 36.9 Å². The van der Waals surface area contributed by atoms with Crippen molar-refractivity contribution in [1.29, 1.82) is 0 Å². The second-order valence-corrected chi connectivity index (χ2v) is 10.3. The molecule has 200 valence electrons. The predicted molar refractivity (Wildman–Crippen MR) is 158 cm³/mol. The fraction of sp³-hybridized carbons (Fsp3) is 0.281. The fourth-order valence-electron chi connectivity index (χ4n) is 5.18. The van der Waals surface area contributed by atoms with Crippen LogP contribution in [-0.2, 0) is 22.4 Å². The zero-order valence-electron chi connectivity index (χ0n) is 22.9. The Kier molecular flexibility index (Phi) is 7.61. The number of aromatic nitrogens is 2. The first-order valence-corrected chi connectivity index (χ1v) is 13.4. The molecule has 1 saturated heterocycles. The first-order chi connectivity index (χ1) is 18.9. The van der Waals surface area contributed by atoms with Gasteiger partial charge in [-0.05, 0) is 66.1 Å². The summed E-state index contributed by atoms with van der Waals surface area (Å²) in [5.41, 5.74) is 8.87. The van der Waals surface area contributed by atoms with Crippen molar-refractivity contribution in [3.05, 3.63) is 84.1 Å². The Balaban J connectivity index is 1.61. The Bertz CT molecular complexity index is 1530. The summed E-state index contributed by atoms with van der Waals surface area (Å²) >= 11 is 0. The van der Waals surface area contributed by atoms with Gasteiger partial charge in [-0.25, -0.2) is 4.98 Å². The highest BCUT2D eigenvalue weighted by Crippen LogP contribution is 2.39. The SMILES string of the molecule is C=CC(=O)Cc1cc(-c2c(-c3ccc(N4CCN(C)CC4)cc3)[nH]c3ncc(CC(=O)NC)cc23)ccc1C. The molecule has 5 rings (SSSR count). The van der Waals surface area contributed by atoms with E-state index in [4.69, 9.17) is 0 Å². The Morgan fingerprint density at radius 3 is 2.44 bits per heavy atom. The molecule has 0 spiro atoms. The summed E-state index contributed by atoms with van der Waals surface area (Å²) in [6, 6.07) is 17.0. The van der Waals surface area contributed by atoms with Gasteiger partial charge in [-0.3, -0.25) is 9.59 Å². The lowest BCUT2D eigenvalue weighted by atomic mass is 9.93. The molecule has 39 heavy (non-hydrogen) atoms. The molecule has 0 saturated carbocycles. The number of likely N-dealkylation sites (N-methyl/N-ethyl adjacent to an activating group) is 2. The molecular formula is C32H35N5O2. The van der Waals surface area contributed by atoms with Crippen LogP contribution in [0, 0.1) is 6.92 Å². The molecular weight excluding hydrogens is 486 g/mol. The number of hydrogen-bond donors (Lipinski definition) is 2. The first kappa shape index (κ1) is 26.4. The summed E-state index contributed by atoms with van der Waals surface area (Å²) in [6.07, 6.45) is 3.69. The van der Waals surface area contributed by atoms with Crippen molar-refractivity contribution in [3.8, 4) is 22.4 Å². The van der Waals surface area contributed by atoms with Gasteiger partial charge < -0.3 is 20.1 Å². The van der Waals surface area contributed by atoms with Gasteiger partial charge in [0.2, 0.25) is 5.91 Å². The molecule has 0 radical (unpaired) electrons. The Morgan fingerprint density at radius 2 is 1.74 bits per heavy atom. The van der Waals surface area contributed by atoms with Gasteiger partial charge in [0.15, 0.2) is 5.78 Å². The maximum Gasteiger partial charge on any atom is 0.224 e. The molecule has 7 nitrogen and oxygen atoms in total. The lowest BCUT2D eigenvalue weighted by molar-refractivity contribution is -0.120. The third-order valence-electron chi connectivity index (χ3n) is 7.61. The molecule has 3 heterocycles. The highest BCUT2D eigenvalue weighted by molar-refractivity contribution is 6.03. The number of fused-ring (bicyclic) bond motifs is 1. The largest absolute Gasteiger partial charge is 0.369 e. The number of pyridine rings is 1. The predicted octanol–water partition coefficient (Wildman–Crippen LogP) is 4.54. The molecule has 0 aliphatic carbocycles. The first-order valence-electron chi connectivity index (χ1n) is 13.4. The molecule has 1 amide bonds. The van der Waals surface area contributed by atoms with Crippen LogP contribution in [0.5, 0.6) is 0 Å². The van der Waals surface area contributed by atoms with E-state index in [9.17, 15) is 9.59 Å². The van der Waals surface area contributed by atoms with E-state index in [1.807, 2.05) is 13.0 Å². The van der Waals surface area contributed by atoms with E-state index in [1.165, 1.54) is 11.8 Å². The summed E-state index contributed by atoms with van der Waals surface area (Å²) < 4.78 is 0. The number of piperazine rings is 1. The molecule has 1 aliphatic rings.